The molecule has 2 fully saturated rings. The van der Waals surface area contributed by atoms with E-state index in [-0.39, 0.29) is 17.1 Å². The van der Waals surface area contributed by atoms with E-state index in [4.69, 9.17) is 4.74 Å². The van der Waals surface area contributed by atoms with Crippen LogP contribution in [0.15, 0.2) is 29.3 Å². The molecule has 0 radical (unpaired) electrons. The highest BCUT2D eigenvalue weighted by atomic mass is 16.5. The van der Waals surface area contributed by atoms with Gasteiger partial charge in [0.2, 0.25) is 0 Å². The summed E-state index contributed by atoms with van der Waals surface area (Å²) >= 11 is 0. The molecule has 1 aromatic carbocycles. The zero-order chi connectivity index (χ0) is 20.1. The highest BCUT2D eigenvalue weighted by Crippen LogP contribution is 2.52. The number of carbonyl (C=O) groups is 1. The van der Waals surface area contributed by atoms with E-state index in [0.29, 0.717) is 36.7 Å². The number of carbonyl (C=O) groups excluding carboxylic acids is 1. The number of ether oxygens (including phenoxy) is 1. The average molecular weight is 389 g/mol. The molecule has 4 N–H and O–H groups in total. The molecule has 2 aliphatic rings. The van der Waals surface area contributed by atoms with Gasteiger partial charge in [0.15, 0.2) is 5.96 Å². The second-order valence-corrected chi connectivity index (χ2v) is 8.11. The molecule has 7 nitrogen and oxygen atoms in total. The van der Waals surface area contributed by atoms with E-state index in [2.05, 4.69) is 41.7 Å². The minimum absolute atomic E-state index is 0.0902. The van der Waals surface area contributed by atoms with Crippen molar-refractivity contribution >= 4 is 11.9 Å². The number of phenols is 1. The van der Waals surface area contributed by atoms with Crippen LogP contribution < -0.4 is 16.0 Å². The second-order valence-electron chi connectivity index (χ2n) is 8.11. The highest BCUT2D eigenvalue weighted by molar-refractivity contribution is 5.94. The van der Waals surface area contributed by atoms with Gasteiger partial charge in [-0.15, -0.1) is 0 Å². The first-order chi connectivity index (χ1) is 13.4. The van der Waals surface area contributed by atoms with Crippen LogP contribution in [0.25, 0.3) is 0 Å². The summed E-state index contributed by atoms with van der Waals surface area (Å²) in [6.07, 6.45) is 2.19. The predicted molar refractivity (Wildman–Crippen MR) is 110 cm³/mol. The van der Waals surface area contributed by atoms with E-state index in [0.717, 1.165) is 32.0 Å². The number of fused-ring (bicyclic) bond motifs is 1. The Labute approximate surface area is 167 Å². The van der Waals surface area contributed by atoms with E-state index < -0.39 is 0 Å². The van der Waals surface area contributed by atoms with Crippen molar-refractivity contribution in [1.29, 1.82) is 0 Å². The minimum atomic E-state index is -0.187. The van der Waals surface area contributed by atoms with Gasteiger partial charge in [-0.1, -0.05) is 19.9 Å². The summed E-state index contributed by atoms with van der Waals surface area (Å²) in [5.41, 5.74) is 0.561. The number of rotatable bonds is 7. The molecule has 1 heterocycles. The molecule has 7 heteroatoms. The molecule has 28 heavy (non-hydrogen) atoms. The van der Waals surface area contributed by atoms with Crippen molar-refractivity contribution in [1.82, 2.24) is 16.0 Å². The molecular weight excluding hydrogens is 356 g/mol. The lowest BCUT2D eigenvalue weighted by Crippen LogP contribution is -2.68. The molecule has 0 bridgehead atoms. The number of amides is 1. The van der Waals surface area contributed by atoms with Gasteiger partial charge in [-0.05, 0) is 38.0 Å². The van der Waals surface area contributed by atoms with E-state index in [1.165, 1.54) is 6.07 Å². The van der Waals surface area contributed by atoms with Crippen molar-refractivity contribution in [3.05, 3.63) is 29.8 Å². The summed E-state index contributed by atoms with van der Waals surface area (Å²) in [6.45, 7) is 9.36. The van der Waals surface area contributed by atoms with E-state index in [1.807, 2.05) is 0 Å². The third-order valence-corrected chi connectivity index (χ3v) is 5.74. The van der Waals surface area contributed by atoms with Gasteiger partial charge in [-0.3, -0.25) is 9.79 Å². The molecule has 1 aromatic rings. The van der Waals surface area contributed by atoms with Crippen LogP contribution in [0.3, 0.4) is 0 Å². The molecular formula is C21H32N4O3. The smallest absolute Gasteiger partial charge is 0.251 e. The summed E-state index contributed by atoms with van der Waals surface area (Å²) in [5, 5.41) is 19.2. The van der Waals surface area contributed by atoms with Gasteiger partial charge in [0, 0.05) is 49.2 Å². The first-order valence-corrected chi connectivity index (χ1v) is 10.2. The molecule has 1 aliphatic carbocycles. The Morgan fingerprint density at radius 1 is 1.36 bits per heavy atom. The first-order valence-electron chi connectivity index (χ1n) is 10.2. The average Bonchev–Trinajstić information content (AvgIpc) is 3.12. The third-order valence-electron chi connectivity index (χ3n) is 5.74. The Morgan fingerprint density at radius 3 is 2.93 bits per heavy atom. The Balaban J connectivity index is 1.45. The van der Waals surface area contributed by atoms with Crippen molar-refractivity contribution in [2.45, 2.75) is 45.8 Å². The minimum Gasteiger partial charge on any atom is -0.508 e. The Bertz CT molecular complexity index is 719. The molecule has 1 aliphatic heterocycles. The molecule has 0 spiro atoms. The number of benzene rings is 1. The molecule has 3 atom stereocenters. The first kappa shape index (κ1) is 20.5. The maximum absolute atomic E-state index is 12.1. The second kappa shape index (κ2) is 8.82. The van der Waals surface area contributed by atoms with Gasteiger partial charge in [0.1, 0.15) is 5.75 Å². The highest BCUT2D eigenvalue weighted by Gasteiger charge is 2.59. The molecule has 1 amide bonds. The number of nitrogens with zero attached hydrogens (tertiary/aromatic N) is 1. The number of hydrogen-bond donors (Lipinski definition) is 4. The van der Waals surface area contributed by atoms with Gasteiger partial charge >= 0.3 is 0 Å². The standard InChI is InChI=1S/C21H32N4O3/c1-4-22-20(25-17-16-9-12-28-18(16)21(17,2)3)24-11-6-10-23-19(27)14-7-5-8-15(26)13-14/h5,7-8,13,16-18,26H,4,6,9-12H2,1-3H3,(H,23,27)(H2,22,24,25). The number of nitrogens with one attached hydrogen (secondary N) is 3. The van der Waals surface area contributed by atoms with Crippen molar-refractivity contribution in [2.24, 2.45) is 16.3 Å². The van der Waals surface area contributed by atoms with Crippen LogP contribution in [0.1, 0.15) is 44.0 Å². The molecule has 0 aromatic heterocycles. The maximum Gasteiger partial charge on any atom is 0.251 e. The number of aromatic hydroxyl groups is 1. The molecule has 154 valence electrons. The fourth-order valence-electron chi connectivity index (χ4n) is 4.31. The maximum atomic E-state index is 12.1. The molecule has 3 rings (SSSR count). The summed E-state index contributed by atoms with van der Waals surface area (Å²) in [4.78, 5) is 16.7. The number of aliphatic imine (C=N–C) groups is 1. The van der Waals surface area contributed by atoms with Crippen molar-refractivity contribution in [2.75, 3.05) is 26.2 Å². The van der Waals surface area contributed by atoms with Crippen LogP contribution >= 0.6 is 0 Å². The van der Waals surface area contributed by atoms with Crippen LogP contribution in [0, 0.1) is 11.3 Å². The van der Waals surface area contributed by atoms with Gasteiger partial charge in [0.25, 0.3) is 5.91 Å². The summed E-state index contributed by atoms with van der Waals surface area (Å²) in [5.74, 6) is 1.28. The Morgan fingerprint density at radius 2 is 2.18 bits per heavy atom. The Kier molecular flexibility index (Phi) is 6.44. The van der Waals surface area contributed by atoms with Gasteiger partial charge in [0.05, 0.1) is 6.10 Å². The lowest BCUT2D eigenvalue weighted by atomic mass is 9.57. The third kappa shape index (κ3) is 4.41. The van der Waals surface area contributed by atoms with Crippen molar-refractivity contribution in [3.8, 4) is 5.75 Å². The lowest BCUT2D eigenvalue weighted by Gasteiger charge is -2.54. The van der Waals surface area contributed by atoms with Crippen LogP contribution in [0.2, 0.25) is 0 Å². The van der Waals surface area contributed by atoms with E-state index in [1.54, 1.807) is 18.2 Å². The largest absolute Gasteiger partial charge is 0.508 e. The zero-order valence-corrected chi connectivity index (χ0v) is 17.0. The van der Waals surface area contributed by atoms with E-state index >= 15 is 0 Å². The SMILES string of the molecule is CCNC(=NCCCNC(=O)c1cccc(O)c1)NC1C2CCOC2C1(C)C. The molecule has 1 saturated carbocycles. The van der Waals surface area contributed by atoms with Gasteiger partial charge < -0.3 is 25.8 Å². The van der Waals surface area contributed by atoms with Crippen molar-refractivity contribution < 1.29 is 14.6 Å². The Hall–Kier alpha value is -2.28. The number of phenolic OH excluding ortho intramolecular Hbond substituents is 1. The topological polar surface area (TPSA) is 95.0 Å². The summed E-state index contributed by atoms with van der Waals surface area (Å²) in [7, 11) is 0. The zero-order valence-electron chi connectivity index (χ0n) is 17.0. The molecule has 3 unspecified atom stereocenters. The number of hydrogen-bond acceptors (Lipinski definition) is 4. The summed E-state index contributed by atoms with van der Waals surface area (Å²) in [6, 6.07) is 6.71. The van der Waals surface area contributed by atoms with Gasteiger partial charge in [-0.25, -0.2) is 0 Å². The summed E-state index contributed by atoms with van der Waals surface area (Å²) < 4.78 is 5.86. The fourth-order valence-corrected chi connectivity index (χ4v) is 4.31. The number of guanidine groups is 1. The van der Waals surface area contributed by atoms with Crippen LogP contribution in [0.4, 0.5) is 0 Å². The lowest BCUT2D eigenvalue weighted by molar-refractivity contribution is -0.106. The molecule has 1 saturated heterocycles. The fraction of sp³-hybridized carbons (Fsp3) is 0.619. The predicted octanol–water partition coefficient (Wildman–Crippen LogP) is 1.88. The van der Waals surface area contributed by atoms with E-state index in [9.17, 15) is 9.90 Å². The monoisotopic (exact) mass is 388 g/mol. The van der Waals surface area contributed by atoms with Crippen LogP contribution in [-0.4, -0.2) is 55.4 Å². The quantitative estimate of drug-likeness (QED) is 0.325. The van der Waals surface area contributed by atoms with Crippen molar-refractivity contribution in [3.63, 3.8) is 0 Å². The van der Waals surface area contributed by atoms with Crippen LogP contribution in [-0.2, 0) is 4.74 Å². The van der Waals surface area contributed by atoms with Crippen LogP contribution in [0.5, 0.6) is 5.75 Å². The normalized spacial score (nSPS) is 25.5. The van der Waals surface area contributed by atoms with Gasteiger partial charge in [-0.2, -0.15) is 0 Å².